The minimum absolute atomic E-state index is 0.748. The summed E-state index contributed by atoms with van der Waals surface area (Å²) < 4.78 is 1.84. The molecule has 12 heavy (non-hydrogen) atoms. The van der Waals surface area contributed by atoms with Crippen LogP contribution in [0.1, 0.15) is 24.3 Å². The van der Waals surface area contributed by atoms with E-state index in [1.165, 1.54) is 18.4 Å². The molecular weight excluding hydrogens is 150 g/mol. The van der Waals surface area contributed by atoms with Gasteiger partial charge < -0.3 is 0 Å². The maximum absolute atomic E-state index is 4.28. The Balaban J connectivity index is 2.32. The molecule has 1 aliphatic rings. The SMILES string of the molecule is c1cn2nccc(C3CC3)c2n1. The standard InChI is InChI=1S/C9H9N3/c1-2-7(1)8-3-4-11-12-6-5-10-9(8)12/h3-7H,1-2H2. The van der Waals surface area contributed by atoms with Gasteiger partial charge in [-0.05, 0) is 24.8 Å². The zero-order valence-electron chi connectivity index (χ0n) is 6.64. The molecule has 0 aromatic carbocycles. The molecule has 0 amide bonds. The molecule has 0 aliphatic heterocycles. The van der Waals surface area contributed by atoms with Crippen LogP contribution in [0.15, 0.2) is 24.7 Å². The van der Waals surface area contributed by atoms with Crippen molar-refractivity contribution in [1.29, 1.82) is 0 Å². The van der Waals surface area contributed by atoms with E-state index in [-0.39, 0.29) is 0 Å². The van der Waals surface area contributed by atoms with Gasteiger partial charge in [0, 0.05) is 24.2 Å². The molecule has 0 N–H and O–H groups in total. The molecule has 0 saturated heterocycles. The maximum atomic E-state index is 4.28. The first kappa shape index (κ1) is 6.17. The fraction of sp³-hybridized carbons (Fsp3) is 0.333. The lowest BCUT2D eigenvalue weighted by Crippen LogP contribution is -1.93. The highest BCUT2D eigenvalue weighted by Gasteiger charge is 2.26. The topological polar surface area (TPSA) is 30.2 Å². The summed E-state index contributed by atoms with van der Waals surface area (Å²) in [6, 6.07) is 2.08. The number of nitrogens with zero attached hydrogens (tertiary/aromatic N) is 3. The molecule has 1 aliphatic carbocycles. The van der Waals surface area contributed by atoms with Gasteiger partial charge in [-0.3, -0.25) is 0 Å². The van der Waals surface area contributed by atoms with Crippen LogP contribution in [0.5, 0.6) is 0 Å². The third kappa shape index (κ3) is 0.763. The Morgan fingerprint density at radius 1 is 1.33 bits per heavy atom. The fourth-order valence-corrected chi connectivity index (χ4v) is 1.57. The second-order valence-electron chi connectivity index (χ2n) is 3.26. The van der Waals surface area contributed by atoms with Crippen molar-refractivity contribution >= 4 is 5.65 Å². The van der Waals surface area contributed by atoms with Crippen LogP contribution >= 0.6 is 0 Å². The van der Waals surface area contributed by atoms with E-state index in [0.29, 0.717) is 0 Å². The van der Waals surface area contributed by atoms with Crippen molar-refractivity contribution in [2.75, 3.05) is 0 Å². The molecule has 3 nitrogen and oxygen atoms in total. The van der Waals surface area contributed by atoms with Crippen LogP contribution in [0.25, 0.3) is 5.65 Å². The molecule has 1 fully saturated rings. The van der Waals surface area contributed by atoms with Crippen LogP contribution in [0.3, 0.4) is 0 Å². The molecule has 0 bridgehead atoms. The molecule has 60 valence electrons. The lowest BCUT2D eigenvalue weighted by molar-refractivity contribution is 0.913. The predicted molar refractivity (Wildman–Crippen MR) is 45.0 cm³/mol. The summed E-state index contributed by atoms with van der Waals surface area (Å²) in [5.41, 5.74) is 2.38. The summed E-state index contributed by atoms with van der Waals surface area (Å²) in [7, 11) is 0. The molecule has 2 aromatic rings. The lowest BCUT2D eigenvalue weighted by Gasteiger charge is -1.98. The van der Waals surface area contributed by atoms with E-state index in [1.807, 2.05) is 16.9 Å². The van der Waals surface area contributed by atoms with Crippen molar-refractivity contribution < 1.29 is 0 Å². The molecule has 0 spiro atoms. The number of hydrogen-bond acceptors (Lipinski definition) is 2. The summed E-state index contributed by atoms with van der Waals surface area (Å²) in [6.07, 6.45) is 8.16. The van der Waals surface area contributed by atoms with Gasteiger partial charge in [0.1, 0.15) is 0 Å². The van der Waals surface area contributed by atoms with Crippen molar-refractivity contribution in [2.24, 2.45) is 0 Å². The van der Waals surface area contributed by atoms with Gasteiger partial charge >= 0.3 is 0 Å². The zero-order chi connectivity index (χ0) is 7.97. The summed E-state index contributed by atoms with van der Waals surface area (Å²) >= 11 is 0. The summed E-state index contributed by atoms with van der Waals surface area (Å²) in [6.45, 7) is 0. The predicted octanol–water partition coefficient (Wildman–Crippen LogP) is 1.61. The third-order valence-corrected chi connectivity index (χ3v) is 2.34. The van der Waals surface area contributed by atoms with E-state index < -0.39 is 0 Å². The first-order chi connectivity index (χ1) is 5.95. The maximum Gasteiger partial charge on any atom is 0.156 e. The van der Waals surface area contributed by atoms with Gasteiger partial charge in [-0.15, -0.1) is 0 Å². The number of aromatic nitrogens is 3. The zero-order valence-corrected chi connectivity index (χ0v) is 6.64. The van der Waals surface area contributed by atoms with E-state index in [4.69, 9.17) is 0 Å². The van der Waals surface area contributed by atoms with Crippen molar-refractivity contribution in [3.8, 4) is 0 Å². The first-order valence-electron chi connectivity index (χ1n) is 4.23. The number of fused-ring (bicyclic) bond motifs is 1. The Kier molecular flexibility index (Phi) is 1.06. The normalized spacial score (nSPS) is 17.0. The smallest absolute Gasteiger partial charge is 0.156 e. The summed E-state index contributed by atoms with van der Waals surface area (Å²) in [5, 5.41) is 4.17. The van der Waals surface area contributed by atoms with Crippen molar-refractivity contribution in [1.82, 2.24) is 14.6 Å². The van der Waals surface area contributed by atoms with Gasteiger partial charge in [-0.25, -0.2) is 9.50 Å². The lowest BCUT2D eigenvalue weighted by atomic mass is 10.2. The van der Waals surface area contributed by atoms with Crippen LogP contribution in [-0.4, -0.2) is 14.6 Å². The Labute approximate surface area is 70.0 Å². The van der Waals surface area contributed by atoms with E-state index in [1.54, 1.807) is 6.20 Å². The molecule has 3 heteroatoms. The van der Waals surface area contributed by atoms with Crippen LogP contribution in [-0.2, 0) is 0 Å². The van der Waals surface area contributed by atoms with Gasteiger partial charge in [-0.2, -0.15) is 5.10 Å². The average Bonchev–Trinajstić information content (AvgIpc) is 2.82. The Morgan fingerprint density at radius 2 is 2.25 bits per heavy atom. The monoisotopic (exact) mass is 159 g/mol. The summed E-state index contributed by atoms with van der Waals surface area (Å²) in [5.74, 6) is 0.748. The molecule has 3 rings (SSSR count). The van der Waals surface area contributed by atoms with E-state index in [0.717, 1.165) is 11.6 Å². The van der Waals surface area contributed by atoms with E-state index in [2.05, 4.69) is 16.1 Å². The molecular formula is C9H9N3. The van der Waals surface area contributed by atoms with Gasteiger partial charge in [0.15, 0.2) is 5.65 Å². The van der Waals surface area contributed by atoms with Crippen LogP contribution < -0.4 is 0 Å². The van der Waals surface area contributed by atoms with Gasteiger partial charge in [0.2, 0.25) is 0 Å². The van der Waals surface area contributed by atoms with Gasteiger partial charge in [-0.1, -0.05) is 0 Å². The molecule has 0 unspecified atom stereocenters. The second-order valence-corrected chi connectivity index (χ2v) is 3.26. The van der Waals surface area contributed by atoms with Crippen LogP contribution in [0, 0.1) is 0 Å². The quantitative estimate of drug-likeness (QED) is 0.632. The Morgan fingerprint density at radius 3 is 3.08 bits per heavy atom. The minimum atomic E-state index is 0.748. The molecule has 0 atom stereocenters. The van der Waals surface area contributed by atoms with Gasteiger partial charge in [0.25, 0.3) is 0 Å². The van der Waals surface area contributed by atoms with E-state index >= 15 is 0 Å². The summed E-state index contributed by atoms with van der Waals surface area (Å²) in [4.78, 5) is 4.28. The van der Waals surface area contributed by atoms with Crippen molar-refractivity contribution in [3.63, 3.8) is 0 Å². The fourth-order valence-electron chi connectivity index (χ4n) is 1.57. The van der Waals surface area contributed by atoms with Crippen molar-refractivity contribution in [3.05, 3.63) is 30.2 Å². The van der Waals surface area contributed by atoms with E-state index in [9.17, 15) is 0 Å². The largest absolute Gasteiger partial charge is 0.235 e. The average molecular weight is 159 g/mol. The molecule has 2 aromatic heterocycles. The Hall–Kier alpha value is -1.38. The van der Waals surface area contributed by atoms with Crippen LogP contribution in [0.2, 0.25) is 0 Å². The number of hydrogen-bond donors (Lipinski definition) is 0. The molecule has 0 radical (unpaired) electrons. The van der Waals surface area contributed by atoms with Crippen molar-refractivity contribution in [2.45, 2.75) is 18.8 Å². The highest BCUT2D eigenvalue weighted by atomic mass is 15.2. The highest BCUT2D eigenvalue weighted by Crippen LogP contribution is 2.41. The third-order valence-electron chi connectivity index (χ3n) is 2.34. The molecule has 1 saturated carbocycles. The number of imidazole rings is 1. The highest BCUT2D eigenvalue weighted by molar-refractivity contribution is 5.49. The molecule has 2 heterocycles. The van der Waals surface area contributed by atoms with Crippen LogP contribution in [0.4, 0.5) is 0 Å². The van der Waals surface area contributed by atoms with Gasteiger partial charge in [0.05, 0.1) is 0 Å². The Bertz CT molecular complexity index is 414. The minimum Gasteiger partial charge on any atom is -0.235 e. The first-order valence-corrected chi connectivity index (χ1v) is 4.23. The second kappa shape index (κ2) is 2.06. The number of rotatable bonds is 1.